The van der Waals surface area contributed by atoms with Crippen LogP contribution in [0.5, 0.6) is 11.5 Å². The van der Waals surface area contributed by atoms with Crippen LogP contribution in [0.25, 0.3) is 0 Å². The van der Waals surface area contributed by atoms with Crippen molar-refractivity contribution < 1.29 is 14.3 Å². The van der Waals surface area contributed by atoms with Gasteiger partial charge >= 0.3 is 0 Å². The Morgan fingerprint density at radius 3 is 2.62 bits per heavy atom. The second kappa shape index (κ2) is 7.20. The topological polar surface area (TPSA) is 50.8 Å². The molecule has 5 heteroatoms. The van der Waals surface area contributed by atoms with Crippen LogP contribution >= 0.6 is 0 Å². The average molecular weight is 292 g/mol. The van der Waals surface area contributed by atoms with Crippen LogP contribution in [0.3, 0.4) is 0 Å². The van der Waals surface area contributed by atoms with Crippen molar-refractivity contribution in [1.29, 1.82) is 0 Å². The van der Waals surface area contributed by atoms with Crippen molar-refractivity contribution in [2.75, 3.05) is 32.1 Å². The summed E-state index contributed by atoms with van der Waals surface area (Å²) in [6.45, 7) is 5.84. The number of piperidine rings is 1. The molecule has 5 nitrogen and oxygen atoms in total. The summed E-state index contributed by atoms with van der Waals surface area (Å²) < 4.78 is 10.9. The molecule has 0 radical (unpaired) electrons. The van der Waals surface area contributed by atoms with E-state index in [1.54, 1.807) is 14.0 Å². The van der Waals surface area contributed by atoms with Crippen LogP contribution in [0.15, 0.2) is 18.2 Å². The van der Waals surface area contributed by atoms with Crippen LogP contribution in [-0.2, 0) is 4.79 Å². The number of likely N-dealkylation sites (tertiary alicyclic amines) is 1. The van der Waals surface area contributed by atoms with Gasteiger partial charge in [0.15, 0.2) is 11.5 Å². The number of carbonyl (C=O) groups excluding carboxylic acids is 1. The molecule has 0 unspecified atom stereocenters. The fourth-order valence-corrected chi connectivity index (χ4v) is 2.61. The second-order valence-electron chi connectivity index (χ2n) is 5.22. The number of rotatable bonds is 5. The van der Waals surface area contributed by atoms with Crippen LogP contribution < -0.4 is 14.8 Å². The third kappa shape index (κ3) is 4.03. The molecule has 21 heavy (non-hydrogen) atoms. The van der Waals surface area contributed by atoms with Crippen LogP contribution in [0.4, 0.5) is 5.69 Å². The van der Waals surface area contributed by atoms with Gasteiger partial charge in [-0.25, -0.2) is 0 Å². The molecule has 1 aromatic rings. The number of amides is 1. The van der Waals surface area contributed by atoms with E-state index in [2.05, 4.69) is 5.32 Å². The highest BCUT2D eigenvalue weighted by molar-refractivity contribution is 5.73. The molecule has 1 aromatic carbocycles. The number of benzene rings is 1. The van der Waals surface area contributed by atoms with E-state index in [4.69, 9.17) is 9.47 Å². The monoisotopic (exact) mass is 292 g/mol. The summed E-state index contributed by atoms with van der Waals surface area (Å²) in [5.74, 6) is 1.66. The Morgan fingerprint density at radius 1 is 1.33 bits per heavy atom. The molecule has 0 spiro atoms. The number of carbonyl (C=O) groups is 1. The van der Waals surface area contributed by atoms with Gasteiger partial charge in [0.25, 0.3) is 0 Å². The van der Waals surface area contributed by atoms with Crippen LogP contribution in [0.2, 0.25) is 0 Å². The molecule has 1 fully saturated rings. The average Bonchev–Trinajstić information content (AvgIpc) is 2.48. The predicted molar refractivity (Wildman–Crippen MR) is 83.1 cm³/mol. The Kier molecular flexibility index (Phi) is 5.31. The van der Waals surface area contributed by atoms with Crippen LogP contribution in [0.1, 0.15) is 26.7 Å². The van der Waals surface area contributed by atoms with Crippen molar-refractivity contribution in [3.8, 4) is 11.5 Å². The molecule has 0 bridgehead atoms. The van der Waals surface area contributed by atoms with Gasteiger partial charge in [0, 0.05) is 37.8 Å². The van der Waals surface area contributed by atoms with E-state index < -0.39 is 0 Å². The predicted octanol–water partition coefficient (Wildman–Crippen LogP) is 2.52. The molecule has 1 heterocycles. The Labute approximate surface area is 126 Å². The van der Waals surface area contributed by atoms with E-state index >= 15 is 0 Å². The Balaban J connectivity index is 1.97. The summed E-state index contributed by atoms with van der Waals surface area (Å²) >= 11 is 0. The van der Waals surface area contributed by atoms with Crippen molar-refractivity contribution >= 4 is 11.6 Å². The number of ether oxygens (including phenoxy) is 2. The standard InChI is InChI=1S/C16H24N2O3/c1-4-21-16-11-14(5-6-15(16)20-3)17-13-7-9-18(10-8-13)12(2)19/h5-6,11,13,17H,4,7-10H2,1-3H3. The molecule has 0 aromatic heterocycles. The highest BCUT2D eigenvalue weighted by Gasteiger charge is 2.20. The van der Waals surface area contributed by atoms with Gasteiger partial charge in [0.2, 0.25) is 5.91 Å². The lowest BCUT2D eigenvalue weighted by atomic mass is 10.0. The van der Waals surface area contributed by atoms with Crippen molar-refractivity contribution in [2.45, 2.75) is 32.7 Å². The fraction of sp³-hybridized carbons (Fsp3) is 0.562. The first kappa shape index (κ1) is 15.5. The molecule has 0 aliphatic carbocycles. The summed E-state index contributed by atoms with van der Waals surface area (Å²) in [6.07, 6.45) is 1.94. The lowest BCUT2D eigenvalue weighted by Crippen LogP contribution is -2.41. The van der Waals surface area contributed by atoms with Gasteiger partial charge in [-0.3, -0.25) is 4.79 Å². The number of nitrogens with one attached hydrogen (secondary N) is 1. The summed E-state index contributed by atoms with van der Waals surface area (Å²) in [5.41, 5.74) is 1.03. The van der Waals surface area contributed by atoms with E-state index in [0.717, 1.165) is 43.1 Å². The van der Waals surface area contributed by atoms with Gasteiger partial charge in [0.1, 0.15) is 0 Å². The molecule has 0 atom stereocenters. The van der Waals surface area contributed by atoms with Gasteiger partial charge in [-0.1, -0.05) is 0 Å². The van der Waals surface area contributed by atoms with Gasteiger partial charge in [-0.15, -0.1) is 0 Å². The van der Waals surface area contributed by atoms with Gasteiger partial charge < -0.3 is 19.7 Å². The molecule has 1 N–H and O–H groups in total. The quantitative estimate of drug-likeness (QED) is 0.906. The maximum absolute atomic E-state index is 11.3. The largest absolute Gasteiger partial charge is 0.493 e. The van der Waals surface area contributed by atoms with E-state index in [0.29, 0.717) is 12.6 Å². The van der Waals surface area contributed by atoms with Gasteiger partial charge in [-0.2, -0.15) is 0 Å². The highest BCUT2D eigenvalue weighted by Crippen LogP contribution is 2.31. The van der Waals surface area contributed by atoms with E-state index in [1.807, 2.05) is 30.0 Å². The minimum Gasteiger partial charge on any atom is -0.493 e. The molecular weight excluding hydrogens is 268 g/mol. The van der Waals surface area contributed by atoms with E-state index in [-0.39, 0.29) is 5.91 Å². The second-order valence-corrected chi connectivity index (χ2v) is 5.22. The molecule has 0 saturated carbocycles. The zero-order chi connectivity index (χ0) is 15.2. The molecule has 2 rings (SSSR count). The highest BCUT2D eigenvalue weighted by atomic mass is 16.5. The van der Waals surface area contributed by atoms with Crippen molar-refractivity contribution in [1.82, 2.24) is 4.90 Å². The number of hydrogen-bond acceptors (Lipinski definition) is 4. The Hall–Kier alpha value is -1.91. The first-order valence-electron chi connectivity index (χ1n) is 7.47. The third-order valence-corrected chi connectivity index (χ3v) is 3.77. The third-order valence-electron chi connectivity index (χ3n) is 3.77. The Morgan fingerprint density at radius 2 is 2.05 bits per heavy atom. The number of methoxy groups -OCH3 is 1. The first-order valence-corrected chi connectivity index (χ1v) is 7.47. The van der Waals surface area contributed by atoms with E-state index in [1.165, 1.54) is 0 Å². The molecule has 1 amide bonds. The number of nitrogens with zero attached hydrogens (tertiary/aromatic N) is 1. The maximum atomic E-state index is 11.3. The summed E-state index contributed by atoms with van der Waals surface area (Å²) in [6, 6.07) is 6.28. The van der Waals surface area contributed by atoms with Crippen molar-refractivity contribution in [3.63, 3.8) is 0 Å². The van der Waals surface area contributed by atoms with E-state index in [9.17, 15) is 4.79 Å². The fourth-order valence-electron chi connectivity index (χ4n) is 2.61. The zero-order valence-electron chi connectivity index (χ0n) is 13.0. The number of hydrogen-bond donors (Lipinski definition) is 1. The van der Waals surface area contributed by atoms with Crippen molar-refractivity contribution in [2.24, 2.45) is 0 Å². The number of anilines is 1. The normalized spacial score (nSPS) is 15.7. The Bertz CT molecular complexity index is 482. The summed E-state index contributed by atoms with van der Waals surface area (Å²) in [5, 5.41) is 3.52. The lowest BCUT2D eigenvalue weighted by Gasteiger charge is -2.32. The van der Waals surface area contributed by atoms with Gasteiger partial charge in [-0.05, 0) is 31.9 Å². The molecular formula is C16H24N2O3. The summed E-state index contributed by atoms with van der Waals surface area (Å²) in [7, 11) is 1.64. The molecule has 1 saturated heterocycles. The van der Waals surface area contributed by atoms with Crippen LogP contribution in [0, 0.1) is 0 Å². The molecule has 1 aliphatic heterocycles. The maximum Gasteiger partial charge on any atom is 0.219 e. The zero-order valence-corrected chi connectivity index (χ0v) is 13.0. The molecule has 1 aliphatic rings. The smallest absolute Gasteiger partial charge is 0.219 e. The van der Waals surface area contributed by atoms with Crippen LogP contribution in [-0.4, -0.2) is 43.7 Å². The van der Waals surface area contributed by atoms with Gasteiger partial charge in [0.05, 0.1) is 13.7 Å². The molecule has 116 valence electrons. The minimum atomic E-state index is 0.163. The lowest BCUT2D eigenvalue weighted by molar-refractivity contribution is -0.129. The van der Waals surface area contributed by atoms with Crippen molar-refractivity contribution in [3.05, 3.63) is 18.2 Å². The first-order chi connectivity index (χ1) is 10.1. The summed E-state index contributed by atoms with van der Waals surface area (Å²) in [4.78, 5) is 13.2. The SMILES string of the molecule is CCOc1cc(NC2CCN(C(C)=O)CC2)ccc1OC. The minimum absolute atomic E-state index is 0.163.